The summed E-state index contributed by atoms with van der Waals surface area (Å²) < 4.78 is 21.3. The minimum absolute atomic E-state index is 0.0164. The number of unbranched alkanes of at least 4 members (excludes halogenated alkanes) is 1. The van der Waals surface area contributed by atoms with Crippen molar-refractivity contribution >= 4 is 62.9 Å². The molecule has 4 aliphatic heterocycles. The van der Waals surface area contributed by atoms with Gasteiger partial charge < -0.3 is 29.2 Å². The lowest BCUT2D eigenvalue weighted by Crippen LogP contribution is -2.48. The third-order valence-electron chi connectivity index (χ3n) is 15.1. The van der Waals surface area contributed by atoms with E-state index >= 15 is 0 Å². The molecule has 13 nitrogen and oxygen atoms in total. The van der Waals surface area contributed by atoms with Gasteiger partial charge in [0.1, 0.15) is 6.29 Å². The number of piperazine rings is 1. The number of thiophene rings is 1. The fraction of sp³-hybridized carbons (Fsp3) is 0.492. The molecule has 434 valence electrons. The molecule has 1 spiro atoms. The summed E-state index contributed by atoms with van der Waals surface area (Å²) in [5, 5.41) is 9.44. The van der Waals surface area contributed by atoms with Gasteiger partial charge in [0, 0.05) is 128 Å². The Bertz CT molecular complexity index is 3090. The number of ether oxygens (including phenoxy) is 3. The van der Waals surface area contributed by atoms with Crippen molar-refractivity contribution in [1.29, 1.82) is 0 Å². The molecule has 4 fully saturated rings. The second kappa shape index (κ2) is 30.1. The number of nitrogens with zero attached hydrogens (tertiary/aromatic N) is 6. The smallest absolute Gasteiger partial charge is 0.254 e. The maximum Gasteiger partial charge on any atom is 0.254 e. The Morgan fingerprint density at radius 2 is 1.60 bits per heavy atom. The number of halogens is 2. The van der Waals surface area contributed by atoms with Gasteiger partial charge in [-0.15, -0.1) is 11.3 Å². The first-order valence-electron chi connectivity index (χ1n) is 29.1. The Labute approximate surface area is 495 Å². The molecular formula is C65H83Cl2N7O6S. The van der Waals surface area contributed by atoms with E-state index in [1.165, 1.54) is 16.0 Å². The summed E-state index contributed by atoms with van der Waals surface area (Å²) in [7, 11) is 2.14. The van der Waals surface area contributed by atoms with Gasteiger partial charge in [0.15, 0.2) is 11.5 Å². The van der Waals surface area contributed by atoms with Crippen LogP contribution in [0.25, 0.3) is 21.3 Å². The van der Waals surface area contributed by atoms with Crippen molar-refractivity contribution < 1.29 is 28.6 Å². The van der Waals surface area contributed by atoms with Crippen molar-refractivity contribution in [2.24, 2.45) is 17.8 Å². The second-order valence-electron chi connectivity index (χ2n) is 21.5. The molecule has 1 N–H and O–H groups in total. The van der Waals surface area contributed by atoms with Crippen molar-refractivity contribution in [1.82, 2.24) is 34.8 Å². The van der Waals surface area contributed by atoms with Crippen LogP contribution in [0.3, 0.4) is 0 Å². The zero-order chi connectivity index (χ0) is 58.2. The van der Waals surface area contributed by atoms with Crippen molar-refractivity contribution in [2.45, 2.75) is 138 Å². The summed E-state index contributed by atoms with van der Waals surface area (Å²) >= 11 is 13.6. The fourth-order valence-corrected chi connectivity index (χ4v) is 12.0. The molecule has 0 bridgehead atoms. The average Bonchev–Trinajstić information content (AvgIpc) is 3.23. The molecule has 81 heavy (non-hydrogen) atoms. The molecule has 6 aromatic rings. The van der Waals surface area contributed by atoms with Crippen molar-refractivity contribution in [3.63, 3.8) is 0 Å². The lowest BCUT2D eigenvalue weighted by Gasteiger charge is -2.35. The van der Waals surface area contributed by atoms with Gasteiger partial charge in [-0.3, -0.25) is 29.1 Å². The van der Waals surface area contributed by atoms with Crippen LogP contribution in [-0.4, -0.2) is 112 Å². The number of benzene rings is 3. The van der Waals surface area contributed by atoms with Crippen LogP contribution in [0.4, 0.5) is 0 Å². The van der Waals surface area contributed by atoms with Crippen LogP contribution in [-0.2, 0) is 38.8 Å². The van der Waals surface area contributed by atoms with Gasteiger partial charge in [-0.25, -0.2) is 0 Å². The van der Waals surface area contributed by atoms with E-state index < -0.39 is 5.79 Å². The zero-order valence-corrected chi connectivity index (χ0v) is 51.5. The number of aryl methyl sites for hydroxylation is 2. The van der Waals surface area contributed by atoms with Crippen molar-refractivity contribution in [3.05, 3.63) is 128 Å². The summed E-state index contributed by atoms with van der Waals surface area (Å²) in [5.41, 5.74) is 8.68. The molecule has 4 unspecified atom stereocenters. The maximum atomic E-state index is 12.3. The van der Waals surface area contributed by atoms with Gasteiger partial charge in [-0.05, 0) is 130 Å². The van der Waals surface area contributed by atoms with Gasteiger partial charge in [-0.1, -0.05) is 88.7 Å². The number of imide groups is 1. The van der Waals surface area contributed by atoms with E-state index in [9.17, 15) is 14.4 Å². The summed E-state index contributed by atoms with van der Waals surface area (Å²) in [4.78, 5) is 47.0. The highest BCUT2D eigenvalue weighted by Crippen LogP contribution is 2.48. The highest BCUT2D eigenvalue weighted by molar-refractivity contribution is 7.19. The van der Waals surface area contributed by atoms with E-state index in [2.05, 4.69) is 75.7 Å². The molecule has 2 amide bonds. The Morgan fingerprint density at radius 1 is 0.877 bits per heavy atom. The van der Waals surface area contributed by atoms with Crippen LogP contribution >= 0.6 is 34.5 Å². The minimum atomic E-state index is -0.488. The average molecular weight is 1160 g/mol. The van der Waals surface area contributed by atoms with E-state index in [4.69, 9.17) is 37.4 Å². The molecule has 3 aromatic carbocycles. The number of aldehydes is 1. The van der Waals surface area contributed by atoms with E-state index in [0.717, 1.165) is 152 Å². The number of likely N-dealkylation sites (tertiary alicyclic amines) is 2. The second-order valence-corrected chi connectivity index (χ2v) is 23.5. The molecule has 11 rings (SSSR count). The molecule has 7 heterocycles. The van der Waals surface area contributed by atoms with Crippen LogP contribution in [0, 0.1) is 43.4 Å². The first-order valence-corrected chi connectivity index (χ1v) is 30.7. The van der Waals surface area contributed by atoms with Crippen LogP contribution in [0.15, 0.2) is 85.3 Å². The zero-order valence-electron chi connectivity index (χ0n) is 49.2. The third-order valence-corrected chi connectivity index (χ3v) is 16.7. The topological polar surface area (TPSA) is 131 Å². The number of pyridine rings is 1. The van der Waals surface area contributed by atoms with Gasteiger partial charge in [0.2, 0.25) is 11.8 Å². The van der Waals surface area contributed by atoms with E-state index in [1.807, 2.05) is 114 Å². The number of aromatic nitrogens is 3. The van der Waals surface area contributed by atoms with Gasteiger partial charge in [-0.2, -0.15) is 5.10 Å². The largest absolute Gasteiger partial charge is 0.448 e. The van der Waals surface area contributed by atoms with Crippen LogP contribution in [0.1, 0.15) is 126 Å². The van der Waals surface area contributed by atoms with E-state index in [1.54, 1.807) is 17.5 Å². The summed E-state index contributed by atoms with van der Waals surface area (Å²) in [5.74, 6) is 7.79. The molecule has 1 saturated carbocycles. The predicted octanol–water partition coefficient (Wildman–Crippen LogP) is 13.2. The third kappa shape index (κ3) is 16.8. The van der Waals surface area contributed by atoms with Crippen LogP contribution in [0.2, 0.25) is 10.0 Å². The SMILES string of the molecule is CC.CC.CC(C)C(C=O)c1ccc(Cl)cc1.CC1CN(Cc2cnn(CCCCOCCC#Cc3ccc4c(c3)OC3(CCN(C)CC3)O4)c2)CCN1.Cc1cc(Cl)cc(-c2ccnc3cc(CN4C(=O)C5CC5C4=O)sc23)c1C. The Balaban J connectivity index is 0.000000187. The number of carbonyl (C=O) groups excluding carboxylic acids is 3. The normalized spacial score (nSPS) is 19.0. The first-order chi connectivity index (χ1) is 39.1. The minimum Gasteiger partial charge on any atom is -0.448 e. The number of nitrogens with one attached hydrogen (secondary N) is 1. The highest BCUT2D eigenvalue weighted by atomic mass is 35.5. The van der Waals surface area contributed by atoms with E-state index in [0.29, 0.717) is 35.2 Å². The standard InChI is InChI=1S/C29H41N5O3.C21H17ClN2O2S.C11H13ClO.2C2H6/c1-24-21-33(16-12-30-24)22-26-20-31-34(23-26)13-4-6-18-35-17-5-3-7-25-8-9-27-28(19-25)37-29(36-27)10-14-32(2)15-11-29;1-10-5-12(22)6-15(11(10)2)14-3-4-23-18-7-13(27-19(14)18)9-24-20(25)16-8-17(16)21(24)26;1-8(2)11(7-13)9-3-5-10(12)6-4-9;2*1-2/h8-9,19-20,23-24,30H,4-6,10-18,21-22H2,1-2H3;3-7,16-17H,8-9H2,1-2H3;3-8,11H,1-2H3;2*1-2H3. The lowest BCUT2D eigenvalue weighted by molar-refractivity contribution is -0.142. The predicted molar refractivity (Wildman–Crippen MR) is 328 cm³/mol. The van der Waals surface area contributed by atoms with Crippen molar-refractivity contribution in [3.8, 4) is 34.5 Å². The number of hydrogen-bond acceptors (Lipinski definition) is 12. The first kappa shape index (κ1) is 63.0. The monoisotopic (exact) mass is 1160 g/mol. The van der Waals surface area contributed by atoms with Crippen LogP contribution in [0.5, 0.6) is 11.5 Å². The van der Waals surface area contributed by atoms with Crippen molar-refractivity contribution in [2.75, 3.05) is 53.0 Å². The summed E-state index contributed by atoms with van der Waals surface area (Å²) in [6, 6.07) is 21.9. The quantitative estimate of drug-likeness (QED) is 0.0456. The number of amides is 2. The number of fused-ring (bicyclic) bond motifs is 3. The van der Waals surface area contributed by atoms with Gasteiger partial charge in [0.05, 0.1) is 41.4 Å². The maximum absolute atomic E-state index is 12.3. The summed E-state index contributed by atoms with van der Waals surface area (Å²) in [6.07, 6.45) is 12.3. The fourth-order valence-electron chi connectivity index (χ4n) is 10.5. The number of carbonyl (C=O) groups is 3. The molecule has 5 aliphatic rings. The molecule has 3 saturated heterocycles. The molecule has 0 radical (unpaired) electrons. The Morgan fingerprint density at radius 3 is 2.31 bits per heavy atom. The molecule has 3 aromatic heterocycles. The molecule has 1 aliphatic carbocycles. The molecule has 16 heteroatoms. The Kier molecular flexibility index (Phi) is 23.4. The van der Waals surface area contributed by atoms with Gasteiger partial charge >= 0.3 is 0 Å². The van der Waals surface area contributed by atoms with E-state index in [-0.39, 0.29) is 29.6 Å². The number of hydrogen-bond donors (Lipinski definition) is 1. The number of rotatable bonds is 15. The Hall–Kier alpha value is -5.63. The number of piperidine rings is 2. The molecule has 4 atom stereocenters. The molecular weight excluding hydrogens is 1080 g/mol. The summed E-state index contributed by atoms with van der Waals surface area (Å²) in [6.45, 7) is 27.4. The van der Waals surface area contributed by atoms with Gasteiger partial charge in [0.25, 0.3) is 5.79 Å². The highest BCUT2D eigenvalue weighted by Gasteiger charge is 2.58. The van der Waals surface area contributed by atoms with Crippen LogP contribution < -0.4 is 14.8 Å². The lowest BCUT2D eigenvalue weighted by atomic mass is 9.90.